The Bertz CT molecular complexity index is 1180. The number of piperazine rings is 1. The number of anilines is 1. The van der Waals surface area contributed by atoms with E-state index in [1.54, 1.807) is 48.3 Å². The van der Waals surface area contributed by atoms with E-state index in [1.807, 2.05) is 4.90 Å². The monoisotopic (exact) mass is 398 g/mol. The number of hydrogen-bond acceptors (Lipinski definition) is 4. The standard InChI is InChI=1S/C20H19FN4O2S/c1-23-19(27)14-7-6-13(12-16(14)22-20(23)28)18(26)25-10-8-24(9-11-25)17-5-3-2-4-15(17)21/h2-7,12H,8-11H2,1H3,(H,22,28). The van der Waals surface area contributed by atoms with Crippen LogP contribution in [0.15, 0.2) is 47.3 Å². The predicted octanol–water partition coefficient (Wildman–Crippen LogP) is 2.70. The summed E-state index contributed by atoms with van der Waals surface area (Å²) >= 11 is 5.15. The van der Waals surface area contributed by atoms with E-state index in [9.17, 15) is 14.0 Å². The van der Waals surface area contributed by atoms with E-state index in [4.69, 9.17) is 12.2 Å². The summed E-state index contributed by atoms with van der Waals surface area (Å²) in [6.45, 7) is 2.11. The van der Waals surface area contributed by atoms with Gasteiger partial charge >= 0.3 is 0 Å². The number of rotatable bonds is 2. The minimum absolute atomic E-state index is 0.116. The lowest BCUT2D eigenvalue weighted by Gasteiger charge is -2.36. The van der Waals surface area contributed by atoms with Gasteiger partial charge in [-0.05, 0) is 42.5 Å². The summed E-state index contributed by atoms with van der Waals surface area (Å²) < 4.78 is 15.6. The molecule has 0 unspecified atom stereocenters. The number of halogens is 1. The van der Waals surface area contributed by atoms with Crippen molar-refractivity contribution in [1.29, 1.82) is 0 Å². The number of nitrogens with one attached hydrogen (secondary N) is 1. The topological polar surface area (TPSA) is 61.3 Å². The smallest absolute Gasteiger partial charge is 0.261 e. The summed E-state index contributed by atoms with van der Waals surface area (Å²) in [5, 5.41) is 0.483. The lowest BCUT2D eigenvalue weighted by atomic mass is 10.1. The molecule has 3 aromatic rings. The van der Waals surface area contributed by atoms with Gasteiger partial charge in [-0.15, -0.1) is 0 Å². The molecular formula is C20H19FN4O2S. The van der Waals surface area contributed by atoms with Crippen LogP contribution in [-0.4, -0.2) is 46.5 Å². The van der Waals surface area contributed by atoms with Crippen molar-refractivity contribution in [2.75, 3.05) is 31.1 Å². The fourth-order valence-electron chi connectivity index (χ4n) is 3.48. The van der Waals surface area contributed by atoms with Gasteiger partial charge in [-0.1, -0.05) is 12.1 Å². The lowest BCUT2D eigenvalue weighted by molar-refractivity contribution is 0.0747. The van der Waals surface area contributed by atoms with Crippen LogP contribution in [-0.2, 0) is 7.05 Å². The lowest BCUT2D eigenvalue weighted by Crippen LogP contribution is -2.49. The Balaban J connectivity index is 1.54. The molecule has 4 rings (SSSR count). The van der Waals surface area contributed by atoms with Crippen LogP contribution in [0.25, 0.3) is 10.9 Å². The quantitative estimate of drug-likeness (QED) is 0.675. The molecule has 1 aliphatic heterocycles. The second-order valence-corrected chi connectivity index (χ2v) is 7.17. The predicted molar refractivity (Wildman–Crippen MR) is 109 cm³/mol. The Morgan fingerprint density at radius 2 is 1.82 bits per heavy atom. The molecule has 0 bridgehead atoms. The molecule has 0 radical (unpaired) electrons. The first-order valence-corrected chi connectivity index (χ1v) is 9.38. The zero-order valence-corrected chi connectivity index (χ0v) is 16.1. The van der Waals surface area contributed by atoms with E-state index in [1.165, 1.54) is 10.6 Å². The van der Waals surface area contributed by atoms with Gasteiger partial charge in [0.05, 0.1) is 16.6 Å². The normalized spacial score (nSPS) is 14.5. The second kappa shape index (κ2) is 7.20. The third-order valence-electron chi connectivity index (χ3n) is 5.11. The number of hydrogen-bond donors (Lipinski definition) is 1. The zero-order chi connectivity index (χ0) is 19.8. The Kier molecular flexibility index (Phi) is 4.72. The molecular weight excluding hydrogens is 379 g/mol. The van der Waals surface area contributed by atoms with E-state index < -0.39 is 0 Å². The highest BCUT2D eigenvalue weighted by atomic mass is 32.1. The average Bonchev–Trinajstić information content (AvgIpc) is 2.72. The van der Waals surface area contributed by atoms with Crippen LogP contribution in [0.5, 0.6) is 0 Å². The van der Waals surface area contributed by atoms with Crippen LogP contribution in [0.3, 0.4) is 0 Å². The Labute approximate surface area is 165 Å². The summed E-state index contributed by atoms with van der Waals surface area (Å²) in [5.74, 6) is -0.372. The summed E-state index contributed by atoms with van der Waals surface area (Å²) in [6, 6.07) is 11.6. The molecule has 1 aromatic heterocycles. The summed E-state index contributed by atoms with van der Waals surface area (Å²) in [5.41, 5.74) is 1.40. The van der Waals surface area contributed by atoms with Crippen molar-refractivity contribution in [2.45, 2.75) is 0 Å². The van der Waals surface area contributed by atoms with Gasteiger partial charge in [0.2, 0.25) is 0 Å². The van der Waals surface area contributed by atoms with E-state index in [2.05, 4.69) is 4.98 Å². The zero-order valence-electron chi connectivity index (χ0n) is 15.3. The van der Waals surface area contributed by atoms with Gasteiger partial charge in [-0.25, -0.2) is 4.39 Å². The van der Waals surface area contributed by atoms with Crippen molar-refractivity contribution in [2.24, 2.45) is 7.05 Å². The maximum atomic E-state index is 14.0. The molecule has 2 aromatic carbocycles. The number of nitrogens with zero attached hydrogens (tertiary/aromatic N) is 3. The Hall–Kier alpha value is -3.00. The molecule has 1 N–H and O–H groups in total. The molecule has 144 valence electrons. The van der Waals surface area contributed by atoms with E-state index >= 15 is 0 Å². The first kappa shape index (κ1) is 18.4. The molecule has 0 atom stereocenters. The highest BCUT2D eigenvalue weighted by Crippen LogP contribution is 2.21. The molecule has 6 nitrogen and oxygen atoms in total. The van der Waals surface area contributed by atoms with Crippen molar-refractivity contribution in [3.8, 4) is 0 Å². The number of amides is 1. The van der Waals surface area contributed by atoms with Crippen molar-refractivity contribution < 1.29 is 9.18 Å². The number of para-hydroxylation sites is 1. The van der Waals surface area contributed by atoms with Gasteiger partial charge in [0.15, 0.2) is 4.77 Å². The molecule has 1 amide bonds. The fourth-order valence-corrected chi connectivity index (χ4v) is 3.67. The number of benzene rings is 2. The van der Waals surface area contributed by atoms with Gasteiger partial charge in [-0.2, -0.15) is 0 Å². The molecule has 0 aliphatic carbocycles. The van der Waals surface area contributed by atoms with Gasteiger partial charge in [0.1, 0.15) is 5.82 Å². The number of fused-ring (bicyclic) bond motifs is 1. The molecule has 1 saturated heterocycles. The van der Waals surface area contributed by atoms with Gasteiger partial charge in [0.25, 0.3) is 11.5 Å². The molecule has 0 saturated carbocycles. The minimum atomic E-state index is -0.256. The third kappa shape index (κ3) is 3.20. The summed E-state index contributed by atoms with van der Waals surface area (Å²) in [4.78, 5) is 31.9. The molecule has 28 heavy (non-hydrogen) atoms. The van der Waals surface area contributed by atoms with Crippen molar-refractivity contribution in [3.63, 3.8) is 0 Å². The number of aromatic amines is 1. The Morgan fingerprint density at radius 1 is 1.11 bits per heavy atom. The maximum Gasteiger partial charge on any atom is 0.261 e. The minimum Gasteiger partial charge on any atom is -0.366 e. The maximum absolute atomic E-state index is 14.0. The highest BCUT2D eigenvalue weighted by molar-refractivity contribution is 7.71. The van der Waals surface area contributed by atoms with Gasteiger partial charge in [0, 0.05) is 38.8 Å². The van der Waals surface area contributed by atoms with E-state index in [-0.39, 0.29) is 17.3 Å². The van der Waals surface area contributed by atoms with Crippen LogP contribution >= 0.6 is 12.2 Å². The molecule has 0 spiro atoms. The van der Waals surface area contributed by atoms with Crippen molar-refractivity contribution in [1.82, 2.24) is 14.5 Å². The van der Waals surface area contributed by atoms with Crippen molar-refractivity contribution in [3.05, 3.63) is 69.0 Å². The van der Waals surface area contributed by atoms with Crippen LogP contribution in [0.2, 0.25) is 0 Å². The first-order chi connectivity index (χ1) is 13.5. The van der Waals surface area contributed by atoms with Crippen LogP contribution in [0.4, 0.5) is 10.1 Å². The largest absolute Gasteiger partial charge is 0.366 e. The van der Waals surface area contributed by atoms with Crippen LogP contribution < -0.4 is 10.5 Å². The number of H-pyrrole nitrogens is 1. The molecule has 8 heteroatoms. The number of aromatic nitrogens is 2. The fraction of sp³-hybridized carbons (Fsp3) is 0.250. The van der Waals surface area contributed by atoms with Crippen LogP contribution in [0.1, 0.15) is 10.4 Å². The molecule has 1 aliphatic rings. The number of carbonyl (C=O) groups is 1. The van der Waals surface area contributed by atoms with E-state index in [0.717, 1.165) is 0 Å². The van der Waals surface area contributed by atoms with Gasteiger partial charge in [-0.3, -0.25) is 14.2 Å². The average molecular weight is 398 g/mol. The third-order valence-corrected chi connectivity index (χ3v) is 5.48. The molecule has 1 fully saturated rings. The highest BCUT2D eigenvalue weighted by Gasteiger charge is 2.24. The van der Waals surface area contributed by atoms with Gasteiger partial charge < -0.3 is 14.8 Å². The van der Waals surface area contributed by atoms with Crippen LogP contribution in [0, 0.1) is 10.6 Å². The molecule has 2 heterocycles. The van der Waals surface area contributed by atoms with Crippen molar-refractivity contribution >= 4 is 34.7 Å². The van der Waals surface area contributed by atoms with E-state index in [0.29, 0.717) is 53.1 Å². The number of carbonyl (C=O) groups excluding carboxylic acids is 1. The Morgan fingerprint density at radius 3 is 2.54 bits per heavy atom. The summed E-state index contributed by atoms with van der Waals surface area (Å²) in [7, 11) is 1.61. The summed E-state index contributed by atoms with van der Waals surface area (Å²) in [6.07, 6.45) is 0. The first-order valence-electron chi connectivity index (χ1n) is 8.97. The second-order valence-electron chi connectivity index (χ2n) is 6.79. The SMILES string of the molecule is Cn1c(=S)[nH]c2cc(C(=O)N3CCN(c4ccccc4F)CC3)ccc2c1=O.